The molecule has 17 heavy (non-hydrogen) atoms. The van der Waals surface area contributed by atoms with Gasteiger partial charge in [-0.3, -0.25) is 0 Å². The summed E-state index contributed by atoms with van der Waals surface area (Å²) in [6.07, 6.45) is 1.57. The van der Waals surface area contributed by atoms with E-state index in [1.807, 2.05) is 0 Å². The van der Waals surface area contributed by atoms with Crippen LogP contribution in [0.15, 0.2) is 30.5 Å². The second-order valence-electron chi connectivity index (χ2n) is 3.21. The summed E-state index contributed by atoms with van der Waals surface area (Å²) >= 11 is 11.8. The Morgan fingerprint density at radius 2 is 2.06 bits per heavy atom. The van der Waals surface area contributed by atoms with Crippen LogP contribution in [0.3, 0.4) is 0 Å². The Morgan fingerprint density at radius 3 is 2.82 bits per heavy atom. The Balaban J connectivity index is 2.27. The number of aromatic nitrogens is 2. The highest BCUT2D eigenvalue weighted by Crippen LogP contribution is 2.30. The minimum Gasteiger partial charge on any atom is -0.423 e. The molecule has 0 saturated carbocycles. The first-order valence-corrected chi connectivity index (χ1v) is 5.59. The smallest absolute Gasteiger partial charge is 0.322 e. The van der Waals surface area contributed by atoms with E-state index in [-0.39, 0.29) is 6.01 Å². The molecule has 0 fully saturated rings. The number of nitrogens with zero attached hydrogens (tertiary/aromatic N) is 2. The number of halogens is 2. The quantitative estimate of drug-likeness (QED) is 0.931. The maximum atomic E-state index is 5.96. The first-order chi connectivity index (χ1) is 8.19. The third-order valence-electron chi connectivity index (χ3n) is 1.99. The van der Waals surface area contributed by atoms with Crippen molar-refractivity contribution in [2.24, 2.45) is 5.73 Å². The first-order valence-electron chi connectivity index (χ1n) is 4.84. The predicted molar refractivity (Wildman–Crippen MR) is 66.5 cm³/mol. The predicted octanol–water partition coefficient (Wildman–Crippen LogP) is 3.03. The van der Waals surface area contributed by atoms with E-state index in [0.717, 1.165) is 0 Å². The fourth-order valence-electron chi connectivity index (χ4n) is 1.19. The molecular formula is C11H9Cl2N3O. The zero-order valence-electron chi connectivity index (χ0n) is 8.73. The molecular weight excluding hydrogens is 261 g/mol. The lowest BCUT2D eigenvalue weighted by atomic mass is 10.3. The van der Waals surface area contributed by atoms with Crippen molar-refractivity contribution in [1.82, 2.24) is 9.97 Å². The van der Waals surface area contributed by atoms with Gasteiger partial charge >= 0.3 is 6.01 Å². The lowest BCUT2D eigenvalue weighted by Crippen LogP contribution is -2.01. The third kappa shape index (κ3) is 3.06. The minimum atomic E-state index is 0.192. The topological polar surface area (TPSA) is 61.0 Å². The molecule has 1 aromatic carbocycles. The lowest BCUT2D eigenvalue weighted by Gasteiger charge is -2.06. The summed E-state index contributed by atoms with van der Waals surface area (Å²) in [5.74, 6) is 0.410. The second kappa shape index (κ2) is 5.31. The molecule has 0 amide bonds. The highest BCUT2D eigenvalue weighted by molar-refractivity contribution is 6.34. The van der Waals surface area contributed by atoms with Crippen LogP contribution in [0.25, 0.3) is 0 Å². The van der Waals surface area contributed by atoms with Gasteiger partial charge in [0, 0.05) is 23.8 Å². The largest absolute Gasteiger partial charge is 0.423 e. The van der Waals surface area contributed by atoms with Gasteiger partial charge in [0.15, 0.2) is 5.75 Å². The Morgan fingerprint density at radius 1 is 1.24 bits per heavy atom. The first kappa shape index (κ1) is 12.1. The molecule has 0 aliphatic rings. The van der Waals surface area contributed by atoms with E-state index >= 15 is 0 Å². The van der Waals surface area contributed by atoms with E-state index in [0.29, 0.717) is 28.0 Å². The summed E-state index contributed by atoms with van der Waals surface area (Å²) in [7, 11) is 0. The summed E-state index contributed by atoms with van der Waals surface area (Å²) in [6.45, 7) is 0.322. The summed E-state index contributed by atoms with van der Waals surface area (Å²) in [5.41, 5.74) is 6.16. The fraction of sp³-hybridized carbons (Fsp3) is 0.0909. The van der Waals surface area contributed by atoms with Crippen LogP contribution in [0.5, 0.6) is 11.8 Å². The highest BCUT2D eigenvalue weighted by Gasteiger charge is 2.06. The van der Waals surface area contributed by atoms with Crippen molar-refractivity contribution >= 4 is 23.2 Å². The van der Waals surface area contributed by atoms with Crippen molar-refractivity contribution in [3.63, 3.8) is 0 Å². The highest BCUT2D eigenvalue weighted by atomic mass is 35.5. The van der Waals surface area contributed by atoms with Crippen LogP contribution in [-0.4, -0.2) is 9.97 Å². The van der Waals surface area contributed by atoms with E-state index in [9.17, 15) is 0 Å². The van der Waals surface area contributed by atoms with Crippen molar-refractivity contribution in [2.75, 3.05) is 0 Å². The summed E-state index contributed by atoms with van der Waals surface area (Å²) in [6, 6.07) is 6.83. The monoisotopic (exact) mass is 269 g/mol. The molecule has 4 nitrogen and oxygen atoms in total. The molecule has 0 atom stereocenters. The molecule has 1 heterocycles. The van der Waals surface area contributed by atoms with Crippen LogP contribution < -0.4 is 10.5 Å². The van der Waals surface area contributed by atoms with E-state index in [1.54, 1.807) is 30.5 Å². The Hall–Kier alpha value is -1.36. The molecule has 0 radical (unpaired) electrons. The molecule has 0 spiro atoms. The van der Waals surface area contributed by atoms with E-state index < -0.39 is 0 Å². The SMILES string of the molecule is NCc1ccnc(Oc2cc(Cl)ccc2Cl)n1. The average molecular weight is 270 g/mol. The molecule has 0 saturated heterocycles. The van der Waals surface area contributed by atoms with Crippen molar-refractivity contribution < 1.29 is 4.74 Å². The average Bonchev–Trinajstić information content (AvgIpc) is 2.34. The lowest BCUT2D eigenvalue weighted by molar-refractivity contribution is 0.439. The minimum absolute atomic E-state index is 0.192. The standard InChI is InChI=1S/C11H9Cl2N3O/c12-7-1-2-9(13)10(5-7)17-11-15-4-3-8(6-14)16-11/h1-5H,6,14H2. The molecule has 88 valence electrons. The number of ether oxygens (including phenoxy) is 1. The van der Waals surface area contributed by atoms with Crippen molar-refractivity contribution in [1.29, 1.82) is 0 Å². The van der Waals surface area contributed by atoms with Gasteiger partial charge in [-0.2, -0.15) is 4.98 Å². The summed E-state index contributed by atoms with van der Waals surface area (Å²) < 4.78 is 5.44. The van der Waals surface area contributed by atoms with Crippen LogP contribution in [0.4, 0.5) is 0 Å². The van der Waals surface area contributed by atoms with Crippen LogP contribution in [-0.2, 0) is 6.54 Å². The van der Waals surface area contributed by atoms with Crippen LogP contribution in [0, 0.1) is 0 Å². The number of hydrogen-bond acceptors (Lipinski definition) is 4. The molecule has 2 rings (SSSR count). The van der Waals surface area contributed by atoms with E-state index in [1.165, 1.54) is 0 Å². The van der Waals surface area contributed by atoms with Crippen molar-refractivity contribution in [3.8, 4) is 11.8 Å². The van der Waals surface area contributed by atoms with Crippen molar-refractivity contribution in [3.05, 3.63) is 46.2 Å². The summed E-state index contributed by atoms with van der Waals surface area (Å²) in [5, 5.41) is 0.968. The second-order valence-corrected chi connectivity index (χ2v) is 4.06. The number of benzene rings is 1. The van der Waals surface area contributed by atoms with Gasteiger partial charge in [-0.15, -0.1) is 0 Å². The van der Waals surface area contributed by atoms with Crippen molar-refractivity contribution in [2.45, 2.75) is 6.54 Å². The molecule has 0 aliphatic carbocycles. The third-order valence-corrected chi connectivity index (χ3v) is 2.54. The van der Waals surface area contributed by atoms with Crippen LogP contribution >= 0.6 is 23.2 Å². The Labute approximate surface area is 108 Å². The van der Waals surface area contributed by atoms with Gasteiger partial charge in [0.2, 0.25) is 0 Å². The Bertz CT molecular complexity index is 534. The molecule has 2 N–H and O–H groups in total. The molecule has 1 aromatic heterocycles. The van der Waals surface area contributed by atoms with E-state index in [4.69, 9.17) is 33.7 Å². The maximum Gasteiger partial charge on any atom is 0.322 e. The zero-order valence-corrected chi connectivity index (χ0v) is 10.2. The summed E-state index contributed by atoms with van der Waals surface area (Å²) in [4.78, 5) is 8.06. The van der Waals surface area contributed by atoms with Gasteiger partial charge in [-0.25, -0.2) is 4.98 Å². The molecule has 6 heteroatoms. The molecule has 0 bridgehead atoms. The Kier molecular flexibility index (Phi) is 3.78. The molecule has 0 unspecified atom stereocenters. The van der Waals surface area contributed by atoms with Gasteiger partial charge in [-0.1, -0.05) is 23.2 Å². The number of hydrogen-bond donors (Lipinski definition) is 1. The van der Waals surface area contributed by atoms with Gasteiger partial charge in [0.25, 0.3) is 0 Å². The number of rotatable bonds is 3. The van der Waals surface area contributed by atoms with E-state index in [2.05, 4.69) is 9.97 Å². The molecule has 2 aromatic rings. The maximum absolute atomic E-state index is 5.96. The molecule has 0 aliphatic heterocycles. The van der Waals surface area contributed by atoms with Crippen LogP contribution in [0.2, 0.25) is 10.0 Å². The van der Waals surface area contributed by atoms with Gasteiger partial charge in [-0.05, 0) is 18.2 Å². The van der Waals surface area contributed by atoms with Gasteiger partial charge in [0.1, 0.15) is 0 Å². The van der Waals surface area contributed by atoms with Gasteiger partial charge in [0.05, 0.1) is 10.7 Å². The zero-order chi connectivity index (χ0) is 12.3. The normalized spacial score (nSPS) is 10.3. The van der Waals surface area contributed by atoms with Gasteiger partial charge < -0.3 is 10.5 Å². The fourth-order valence-corrected chi connectivity index (χ4v) is 1.51. The van der Waals surface area contributed by atoms with Crippen LogP contribution in [0.1, 0.15) is 5.69 Å². The number of nitrogens with two attached hydrogens (primary N) is 1.